The fourth-order valence-corrected chi connectivity index (χ4v) is 3.47. The van der Waals surface area contributed by atoms with Crippen molar-refractivity contribution in [2.24, 2.45) is 17.7 Å². The maximum atomic E-state index is 5.86. The van der Waals surface area contributed by atoms with Gasteiger partial charge in [0.2, 0.25) is 0 Å². The molecule has 1 aliphatic rings. The van der Waals surface area contributed by atoms with E-state index in [2.05, 4.69) is 30.3 Å². The van der Waals surface area contributed by atoms with Gasteiger partial charge in [0, 0.05) is 6.20 Å². The van der Waals surface area contributed by atoms with Gasteiger partial charge in [0.25, 0.3) is 0 Å². The minimum Gasteiger partial charge on any atom is -0.271 e. The van der Waals surface area contributed by atoms with Gasteiger partial charge in [-0.05, 0) is 42.7 Å². The lowest BCUT2D eigenvalue weighted by molar-refractivity contribution is 0.207. The third-order valence-electron chi connectivity index (χ3n) is 4.65. The van der Waals surface area contributed by atoms with Crippen LogP contribution in [-0.4, -0.2) is 4.98 Å². The molecule has 1 heterocycles. The molecule has 3 heteroatoms. The maximum absolute atomic E-state index is 5.86. The van der Waals surface area contributed by atoms with Gasteiger partial charge in [0.05, 0.1) is 11.7 Å². The monoisotopic (exact) mass is 261 g/mol. The van der Waals surface area contributed by atoms with Crippen molar-refractivity contribution in [3.63, 3.8) is 0 Å². The van der Waals surface area contributed by atoms with E-state index in [1.165, 1.54) is 37.7 Å². The molecule has 1 aromatic rings. The van der Waals surface area contributed by atoms with Crippen LogP contribution in [0.25, 0.3) is 0 Å². The molecule has 3 N–H and O–H groups in total. The molecule has 19 heavy (non-hydrogen) atoms. The van der Waals surface area contributed by atoms with Gasteiger partial charge < -0.3 is 0 Å². The number of pyridine rings is 1. The average molecular weight is 261 g/mol. The van der Waals surface area contributed by atoms with Crippen molar-refractivity contribution >= 4 is 0 Å². The Labute approximate surface area is 117 Å². The van der Waals surface area contributed by atoms with Crippen molar-refractivity contribution in [3.8, 4) is 0 Å². The molecular weight excluding hydrogens is 234 g/mol. The summed E-state index contributed by atoms with van der Waals surface area (Å²) in [5.41, 5.74) is 5.53. The van der Waals surface area contributed by atoms with E-state index in [0.717, 1.165) is 18.0 Å². The second kappa shape index (κ2) is 7.01. The van der Waals surface area contributed by atoms with Crippen molar-refractivity contribution in [1.82, 2.24) is 10.4 Å². The molecule has 1 saturated carbocycles. The summed E-state index contributed by atoms with van der Waals surface area (Å²) >= 11 is 0. The molecule has 0 spiro atoms. The summed E-state index contributed by atoms with van der Waals surface area (Å²) in [5.74, 6) is 7.35. The molecule has 3 atom stereocenters. The van der Waals surface area contributed by atoms with E-state index in [4.69, 9.17) is 5.84 Å². The predicted molar refractivity (Wildman–Crippen MR) is 79.4 cm³/mol. The highest BCUT2D eigenvalue weighted by molar-refractivity contribution is 5.23. The quantitative estimate of drug-likeness (QED) is 0.631. The van der Waals surface area contributed by atoms with Gasteiger partial charge >= 0.3 is 0 Å². The third kappa shape index (κ3) is 3.34. The summed E-state index contributed by atoms with van der Waals surface area (Å²) in [6.45, 7) is 4.49. The Kier molecular flexibility index (Phi) is 5.34. The Bertz CT molecular complexity index is 391. The largest absolute Gasteiger partial charge is 0.271 e. The Morgan fingerprint density at radius 1 is 1.42 bits per heavy atom. The highest BCUT2D eigenvalue weighted by Gasteiger charge is 2.29. The lowest BCUT2D eigenvalue weighted by Gasteiger charge is -2.34. The lowest BCUT2D eigenvalue weighted by Crippen LogP contribution is -2.37. The van der Waals surface area contributed by atoms with E-state index < -0.39 is 0 Å². The first-order chi connectivity index (χ1) is 9.30. The maximum Gasteiger partial charge on any atom is 0.0663 e. The van der Waals surface area contributed by atoms with E-state index in [0.29, 0.717) is 5.92 Å². The molecule has 0 amide bonds. The van der Waals surface area contributed by atoms with Crippen molar-refractivity contribution < 1.29 is 0 Å². The molecule has 3 nitrogen and oxygen atoms in total. The molecule has 0 aromatic carbocycles. The van der Waals surface area contributed by atoms with Crippen LogP contribution in [0.1, 0.15) is 63.3 Å². The third-order valence-corrected chi connectivity index (χ3v) is 4.65. The molecule has 2 rings (SSSR count). The van der Waals surface area contributed by atoms with Crippen LogP contribution in [0.5, 0.6) is 0 Å². The van der Waals surface area contributed by atoms with Crippen LogP contribution >= 0.6 is 0 Å². The number of nitrogens with one attached hydrogen (secondary N) is 1. The van der Waals surface area contributed by atoms with Gasteiger partial charge in [-0.2, -0.15) is 0 Å². The fourth-order valence-electron chi connectivity index (χ4n) is 3.47. The first kappa shape index (κ1) is 14.5. The SMILES string of the molecule is CCc1cccnc1C(NN)C1CCCC(CC)C1. The molecule has 1 aliphatic carbocycles. The number of nitrogens with two attached hydrogens (primary N) is 1. The Balaban J connectivity index is 2.19. The van der Waals surface area contributed by atoms with E-state index in [1.54, 1.807) is 0 Å². The standard InChI is InChI=1S/C16H27N3/c1-3-12-7-5-8-14(11-12)16(19-17)15-13(4-2)9-6-10-18-15/h6,9-10,12,14,16,19H,3-5,7-8,11,17H2,1-2H3. The normalized spacial score (nSPS) is 25.2. The zero-order valence-corrected chi connectivity index (χ0v) is 12.2. The number of hydrogen-bond donors (Lipinski definition) is 2. The second-order valence-corrected chi connectivity index (χ2v) is 5.75. The lowest BCUT2D eigenvalue weighted by atomic mass is 9.75. The number of aromatic nitrogens is 1. The molecule has 106 valence electrons. The Morgan fingerprint density at radius 3 is 2.95 bits per heavy atom. The summed E-state index contributed by atoms with van der Waals surface area (Å²) in [6, 6.07) is 4.41. The molecular formula is C16H27N3. The summed E-state index contributed by atoms with van der Waals surface area (Å²) in [4.78, 5) is 4.60. The van der Waals surface area contributed by atoms with Gasteiger partial charge in [-0.25, -0.2) is 0 Å². The smallest absolute Gasteiger partial charge is 0.0663 e. The second-order valence-electron chi connectivity index (χ2n) is 5.75. The van der Waals surface area contributed by atoms with Crippen molar-refractivity contribution in [1.29, 1.82) is 0 Å². The van der Waals surface area contributed by atoms with E-state index in [9.17, 15) is 0 Å². The van der Waals surface area contributed by atoms with Crippen LogP contribution in [0.15, 0.2) is 18.3 Å². The first-order valence-electron chi connectivity index (χ1n) is 7.70. The first-order valence-corrected chi connectivity index (χ1v) is 7.70. The van der Waals surface area contributed by atoms with Crippen LogP contribution in [-0.2, 0) is 6.42 Å². The zero-order valence-electron chi connectivity index (χ0n) is 12.2. The van der Waals surface area contributed by atoms with Crippen molar-refractivity contribution in [3.05, 3.63) is 29.6 Å². The van der Waals surface area contributed by atoms with Gasteiger partial charge in [0.15, 0.2) is 0 Å². The highest BCUT2D eigenvalue weighted by atomic mass is 15.2. The van der Waals surface area contributed by atoms with Crippen LogP contribution in [0.2, 0.25) is 0 Å². The predicted octanol–water partition coefficient (Wildman–Crippen LogP) is 3.36. The van der Waals surface area contributed by atoms with E-state index in [1.807, 2.05) is 12.3 Å². The zero-order chi connectivity index (χ0) is 13.7. The Hall–Kier alpha value is -0.930. The molecule has 0 radical (unpaired) electrons. The summed E-state index contributed by atoms with van der Waals surface area (Å²) < 4.78 is 0. The molecule has 3 unspecified atom stereocenters. The highest BCUT2D eigenvalue weighted by Crippen LogP contribution is 2.38. The molecule has 0 saturated heterocycles. The van der Waals surface area contributed by atoms with Gasteiger partial charge in [-0.15, -0.1) is 0 Å². The van der Waals surface area contributed by atoms with E-state index >= 15 is 0 Å². The topological polar surface area (TPSA) is 50.9 Å². The molecule has 0 aliphatic heterocycles. The molecule has 1 aromatic heterocycles. The van der Waals surface area contributed by atoms with E-state index in [-0.39, 0.29) is 6.04 Å². The minimum atomic E-state index is 0.213. The van der Waals surface area contributed by atoms with Gasteiger partial charge in [-0.1, -0.05) is 39.2 Å². The molecule has 1 fully saturated rings. The van der Waals surface area contributed by atoms with Crippen molar-refractivity contribution in [2.45, 2.75) is 58.4 Å². The van der Waals surface area contributed by atoms with Gasteiger partial charge in [0.1, 0.15) is 0 Å². The minimum absolute atomic E-state index is 0.213. The fraction of sp³-hybridized carbons (Fsp3) is 0.688. The summed E-state index contributed by atoms with van der Waals surface area (Å²) in [7, 11) is 0. The van der Waals surface area contributed by atoms with Crippen LogP contribution in [0, 0.1) is 11.8 Å². The van der Waals surface area contributed by atoms with Crippen LogP contribution in [0.4, 0.5) is 0 Å². The summed E-state index contributed by atoms with van der Waals surface area (Å²) in [6.07, 6.45) is 9.46. The molecule has 0 bridgehead atoms. The van der Waals surface area contributed by atoms with Crippen molar-refractivity contribution in [2.75, 3.05) is 0 Å². The Morgan fingerprint density at radius 2 is 2.26 bits per heavy atom. The van der Waals surface area contributed by atoms with Crippen LogP contribution < -0.4 is 11.3 Å². The number of aryl methyl sites for hydroxylation is 1. The number of hydrazine groups is 1. The van der Waals surface area contributed by atoms with Gasteiger partial charge in [-0.3, -0.25) is 16.3 Å². The average Bonchev–Trinajstić information content (AvgIpc) is 2.49. The van der Waals surface area contributed by atoms with Crippen LogP contribution in [0.3, 0.4) is 0 Å². The number of nitrogens with zero attached hydrogens (tertiary/aromatic N) is 1. The summed E-state index contributed by atoms with van der Waals surface area (Å²) in [5, 5.41) is 0. The number of hydrogen-bond acceptors (Lipinski definition) is 3. The number of rotatable bonds is 5.